The average Bonchev–Trinajstić information content (AvgIpc) is 3.27. The molecule has 0 aliphatic rings. The van der Waals surface area contributed by atoms with Gasteiger partial charge in [0.25, 0.3) is 0 Å². The Morgan fingerprint density at radius 1 is 0.167 bits per heavy atom. The number of hydrogen-bond acceptors (Lipinski definition) is 3. The maximum absolute atomic E-state index is 4.93. The van der Waals surface area contributed by atoms with E-state index in [1.807, 2.05) is 60.7 Å². The van der Waals surface area contributed by atoms with E-state index in [1.165, 1.54) is 44.5 Å². The summed E-state index contributed by atoms with van der Waals surface area (Å²) in [5.41, 5.74) is 14.6. The first kappa shape index (κ1) is 32.7. The first-order valence-electron chi connectivity index (χ1n) is 18.2. The summed E-state index contributed by atoms with van der Waals surface area (Å²) in [6.07, 6.45) is 0. The lowest BCUT2D eigenvalue weighted by Gasteiger charge is -2.12. The summed E-state index contributed by atoms with van der Waals surface area (Å²) in [5.74, 6) is 1.95. The van der Waals surface area contributed by atoms with Crippen LogP contribution in [0.1, 0.15) is 0 Å². The van der Waals surface area contributed by atoms with Crippen molar-refractivity contribution in [2.24, 2.45) is 0 Å². The molecule has 0 spiro atoms. The second-order valence-electron chi connectivity index (χ2n) is 13.3. The molecule has 0 radical (unpaired) electrons. The van der Waals surface area contributed by atoms with Crippen LogP contribution in [0.2, 0.25) is 0 Å². The van der Waals surface area contributed by atoms with E-state index < -0.39 is 0 Å². The average molecular weight is 690 g/mol. The highest BCUT2D eigenvalue weighted by atomic mass is 15.0. The highest BCUT2D eigenvalue weighted by molar-refractivity contribution is 5.82. The Kier molecular flexibility index (Phi) is 8.94. The Morgan fingerprint density at radius 3 is 0.796 bits per heavy atom. The molecule has 9 aromatic rings. The van der Waals surface area contributed by atoms with Crippen molar-refractivity contribution in [1.82, 2.24) is 15.0 Å². The lowest BCUT2D eigenvalue weighted by Crippen LogP contribution is -2.00. The van der Waals surface area contributed by atoms with Crippen LogP contribution < -0.4 is 0 Å². The van der Waals surface area contributed by atoms with Gasteiger partial charge in [-0.1, -0.05) is 188 Å². The Labute approximate surface area is 316 Å². The van der Waals surface area contributed by atoms with Gasteiger partial charge in [-0.15, -0.1) is 0 Å². The van der Waals surface area contributed by atoms with Gasteiger partial charge in [0.1, 0.15) is 0 Å². The zero-order valence-corrected chi connectivity index (χ0v) is 29.5. The van der Waals surface area contributed by atoms with Gasteiger partial charge < -0.3 is 0 Å². The van der Waals surface area contributed by atoms with Gasteiger partial charge in [0.05, 0.1) is 0 Å². The van der Waals surface area contributed by atoms with E-state index in [0.29, 0.717) is 17.5 Å². The van der Waals surface area contributed by atoms with Crippen LogP contribution in [0.15, 0.2) is 212 Å². The van der Waals surface area contributed by atoms with Gasteiger partial charge in [0.2, 0.25) is 0 Å². The van der Waals surface area contributed by atoms with Crippen molar-refractivity contribution in [3.63, 3.8) is 0 Å². The molecule has 0 fully saturated rings. The van der Waals surface area contributed by atoms with Crippen molar-refractivity contribution in [1.29, 1.82) is 0 Å². The van der Waals surface area contributed by atoms with Gasteiger partial charge in [-0.05, 0) is 79.9 Å². The van der Waals surface area contributed by atoms with E-state index in [9.17, 15) is 0 Å². The van der Waals surface area contributed by atoms with Gasteiger partial charge in [-0.25, -0.2) is 15.0 Å². The molecule has 0 unspecified atom stereocenters. The summed E-state index contributed by atoms with van der Waals surface area (Å²) in [7, 11) is 0. The molecule has 0 N–H and O–H groups in total. The SMILES string of the molecule is c1ccc(-c2cc(-c3ccccc3)cc(-c3ccc(-c4ccc(-c5cccc(-c6nc(-c7ccccc7)nc(-c7ccccc7)n6)c5)cc4)cc3)c2)cc1. The summed E-state index contributed by atoms with van der Waals surface area (Å²) in [6, 6.07) is 74.4. The van der Waals surface area contributed by atoms with Gasteiger partial charge in [-0.3, -0.25) is 0 Å². The van der Waals surface area contributed by atoms with Crippen molar-refractivity contribution in [3.8, 4) is 89.8 Å². The predicted molar refractivity (Wildman–Crippen MR) is 223 cm³/mol. The maximum atomic E-state index is 4.93. The van der Waals surface area contributed by atoms with Crippen LogP contribution in [0.4, 0.5) is 0 Å². The molecule has 0 aliphatic carbocycles. The molecule has 54 heavy (non-hydrogen) atoms. The molecule has 3 heteroatoms. The Bertz CT molecular complexity index is 2540. The molecule has 3 nitrogen and oxygen atoms in total. The van der Waals surface area contributed by atoms with E-state index >= 15 is 0 Å². The Hall–Kier alpha value is -7.23. The summed E-state index contributed by atoms with van der Waals surface area (Å²) in [5, 5.41) is 0. The largest absolute Gasteiger partial charge is 0.208 e. The highest BCUT2D eigenvalue weighted by Crippen LogP contribution is 2.35. The zero-order valence-electron chi connectivity index (χ0n) is 29.5. The minimum absolute atomic E-state index is 0.645. The van der Waals surface area contributed by atoms with Crippen molar-refractivity contribution in [2.75, 3.05) is 0 Å². The summed E-state index contributed by atoms with van der Waals surface area (Å²) in [6.45, 7) is 0. The van der Waals surface area contributed by atoms with Crippen molar-refractivity contribution < 1.29 is 0 Å². The predicted octanol–water partition coefficient (Wildman–Crippen LogP) is 13.2. The van der Waals surface area contributed by atoms with Crippen LogP contribution >= 0.6 is 0 Å². The molecule has 0 bridgehead atoms. The second-order valence-corrected chi connectivity index (χ2v) is 13.3. The molecule has 1 aromatic heterocycles. The van der Waals surface area contributed by atoms with Crippen molar-refractivity contribution >= 4 is 0 Å². The molecule has 1 heterocycles. The summed E-state index contributed by atoms with van der Waals surface area (Å²) < 4.78 is 0. The smallest absolute Gasteiger partial charge is 0.164 e. The van der Waals surface area contributed by atoms with Gasteiger partial charge in [0, 0.05) is 16.7 Å². The highest BCUT2D eigenvalue weighted by Gasteiger charge is 2.13. The van der Waals surface area contributed by atoms with Gasteiger partial charge >= 0.3 is 0 Å². The number of aromatic nitrogens is 3. The van der Waals surface area contributed by atoms with E-state index in [0.717, 1.165) is 27.8 Å². The second kappa shape index (κ2) is 14.8. The molecule has 254 valence electrons. The molecule has 0 saturated heterocycles. The molecule has 0 atom stereocenters. The fraction of sp³-hybridized carbons (Fsp3) is 0. The number of rotatable bonds is 8. The number of hydrogen-bond donors (Lipinski definition) is 0. The first-order valence-corrected chi connectivity index (χ1v) is 18.2. The zero-order chi connectivity index (χ0) is 36.1. The van der Waals surface area contributed by atoms with Crippen LogP contribution in [-0.4, -0.2) is 15.0 Å². The lowest BCUT2D eigenvalue weighted by atomic mass is 9.92. The van der Waals surface area contributed by atoms with E-state index in [2.05, 4.69) is 152 Å². The third kappa shape index (κ3) is 6.99. The van der Waals surface area contributed by atoms with Crippen LogP contribution in [0.5, 0.6) is 0 Å². The minimum atomic E-state index is 0.645. The fourth-order valence-electron chi connectivity index (χ4n) is 6.87. The van der Waals surface area contributed by atoms with Gasteiger partial charge in [0.15, 0.2) is 17.5 Å². The van der Waals surface area contributed by atoms with Crippen LogP contribution in [0.25, 0.3) is 89.8 Å². The van der Waals surface area contributed by atoms with E-state index in [-0.39, 0.29) is 0 Å². The standard InChI is InChI=1S/C51H35N3/c1-5-14-36(15-6-1)46-33-47(37-16-7-2-8-17-37)35-48(34-46)41-30-26-39(27-31-41)38-24-28-40(29-25-38)44-22-13-23-45(32-44)51-53-49(42-18-9-3-10-19-42)52-50(54-51)43-20-11-4-12-21-43/h1-35H. The molecular formula is C51H35N3. The lowest BCUT2D eigenvalue weighted by molar-refractivity contribution is 1.07. The monoisotopic (exact) mass is 689 g/mol. The number of benzene rings is 8. The summed E-state index contributed by atoms with van der Waals surface area (Å²) >= 11 is 0. The summed E-state index contributed by atoms with van der Waals surface area (Å²) in [4.78, 5) is 14.7. The van der Waals surface area contributed by atoms with Crippen LogP contribution in [0, 0.1) is 0 Å². The molecule has 0 saturated carbocycles. The van der Waals surface area contributed by atoms with Crippen LogP contribution in [0.3, 0.4) is 0 Å². The van der Waals surface area contributed by atoms with E-state index in [1.54, 1.807) is 0 Å². The van der Waals surface area contributed by atoms with Crippen molar-refractivity contribution in [2.45, 2.75) is 0 Å². The topological polar surface area (TPSA) is 38.7 Å². The normalized spacial score (nSPS) is 11.0. The fourth-order valence-corrected chi connectivity index (χ4v) is 6.87. The molecule has 9 rings (SSSR count). The first-order chi connectivity index (χ1) is 26.7. The molecule has 0 amide bonds. The Balaban J connectivity index is 1.00. The number of nitrogens with zero attached hydrogens (tertiary/aromatic N) is 3. The maximum Gasteiger partial charge on any atom is 0.164 e. The minimum Gasteiger partial charge on any atom is -0.208 e. The van der Waals surface area contributed by atoms with Gasteiger partial charge in [-0.2, -0.15) is 0 Å². The molecule has 8 aromatic carbocycles. The molecule has 0 aliphatic heterocycles. The van der Waals surface area contributed by atoms with Crippen LogP contribution in [-0.2, 0) is 0 Å². The van der Waals surface area contributed by atoms with Crippen molar-refractivity contribution in [3.05, 3.63) is 212 Å². The third-order valence-corrected chi connectivity index (χ3v) is 9.74. The molecular weight excluding hydrogens is 655 g/mol. The van der Waals surface area contributed by atoms with E-state index in [4.69, 9.17) is 15.0 Å². The Morgan fingerprint density at radius 2 is 0.407 bits per heavy atom. The quantitative estimate of drug-likeness (QED) is 0.159. The third-order valence-electron chi connectivity index (χ3n) is 9.74.